The summed E-state index contributed by atoms with van der Waals surface area (Å²) >= 11 is 0. The molecule has 506 valence electrons. The summed E-state index contributed by atoms with van der Waals surface area (Å²) in [5.41, 5.74) is 11.2. The first kappa shape index (κ1) is 76.4. The minimum absolute atomic E-state index is 0.0759. The zero-order chi connectivity index (χ0) is 72.7. The molecule has 10 rings (SSSR count). The number of ketones is 3. The van der Waals surface area contributed by atoms with Gasteiger partial charge in [0.1, 0.15) is 6.07 Å². The summed E-state index contributed by atoms with van der Waals surface area (Å²) in [6.45, 7) is 12.3. The van der Waals surface area contributed by atoms with Crippen molar-refractivity contribution >= 4 is 75.8 Å². The fourth-order valence-corrected chi connectivity index (χ4v) is 9.04. The lowest BCUT2D eigenvalue weighted by Gasteiger charge is -2.10. The number of aryl methyl sites for hydroxylation is 3. The average molecular weight is 1350 g/mol. The minimum Gasteiger partial charge on any atom is -0.318 e. The number of nitrogens with zero attached hydrogens (tertiary/aromatic N) is 6. The van der Waals surface area contributed by atoms with E-state index in [9.17, 15) is 38.4 Å². The second-order valence-corrected chi connectivity index (χ2v) is 21.5. The number of benzene rings is 10. The number of hydrogen-bond donors (Lipinski definition) is 0. The summed E-state index contributed by atoms with van der Waals surface area (Å²) in [5, 5.41) is 27.7. The van der Waals surface area contributed by atoms with Crippen molar-refractivity contribution in [2.75, 3.05) is 0 Å². The number of rotatable bonds is 19. The van der Waals surface area contributed by atoms with Gasteiger partial charge in [-0.1, -0.05) is 292 Å². The average Bonchev–Trinajstić information content (AvgIpc) is 0.843. The third kappa shape index (κ3) is 26.2. The highest BCUT2D eigenvalue weighted by molar-refractivity contribution is 6.51. The van der Waals surface area contributed by atoms with E-state index >= 15 is 0 Å². The van der Waals surface area contributed by atoms with E-state index < -0.39 is 35.6 Å². The number of Topliss-reactive ketones (excluding diaryl/α,β-unsaturated/α-hetero) is 3. The molecule has 19 heteroatoms. The Morgan fingerprint density at radius 2 is 0.693 bits per heavy atom. The molecular formula is C82H70N6O13. The van der Waals surface area contributed by atoms with Crippen LogP contribution in [0.15, 0.2) is 311 Å². The van der Waals surface area contributed by atoms with Gasteiger partial charge in [-0.15, -0.1) is 0 Å². The Bertz CT molecular complexity index is 4590. The summed E-state index contributed by atoms with van der Waals surface area (Å²) < 4.78 is 0. The molecule has 0 unspecified atom stereocenters. The van der Waals surface area contributed by atoms with Gasteiger partial charge in [0.15, 0.2) is 22.9 Å². The highest BCUT2D eigenvalue weighted by atomic mass is 16.7. The van der Waals surface area contributed by atoms with Crippen molar-refractivity contribution in [1.82, 2.24) is 0 Å². The molecule has 0 atom stereocenters. The lowest BCUT2D eigenvalue weighted by Crippen LogP contribution is -2.17. The van der Waals surface area contributed by atoms with E-state index in [0.717, 1.165) is 27.8 Å². The normalized spacial score (nSPS) is 11.0. The van der Waals surface area contributed by atoms with Gasteiger partial charge in [-0.2, -0.15) is 5.26 Å². The lowest BCUT2D eigenvalue weighted by atomic mass is 9.97. The SMILES string of the molecule is C/C(=N\OC(=O)C(=O)c1ccccc1)c1ccccc1.C/C(=N\OC(=O)c1ccccc1)c1c(C)cc(C)cc1C.CC(=O)/C(=N\OC(=O)c1ccccc1)c1ccccc1.CC(=O)O/N=C(\C(=O)c1ccccc1)c1ccccc1.N#C/C(=N\OC(=O)Cc1ccccc1)c1ccccc1. The van der Waals surface area contributed by atoms with Crippen LogP contribution in [-0.2, 0) is 49.8 Å². The Morgan fingerprint density at radius 1 is 0.347 bits per heavy atom. The van der Waals surface area contributed by atoms with Crippen molar-refractivity contribution in [2.45, 2.75) is 54.9 Å². The number of nitriles is 1. The van der Waals surface area contributed by atoms with E-state index in [1.165, 1.54) is 19.4 Å². The van der Waals surface area contributed by atoms with Crippen molar-refractivity contribution < 1.29 is 62.5 Å². The largest absolute Gasteiger partial charge is 0.405 e. The summed E-state index contributed by atoms with van der Waals surface area (Å²) in [6.07, 6.45) is 0.123. The predicted octanol–water partition coefficient (Wildman–Crippen LogP) is 15.4. The Morgan fingerprint density at radius 3 is 1.11 bits per heavy atom. The van der Waals surface area contributed by atoms with E-state index in [1.807, 2.05) is 118 Å². The Hall–Kier alpha value is -13.6. The summed E-state index contributed by atoms with van der Waals surface area (Å²) in [6, 6.07) is 85.5. The molecule has 10 aromatic carbocycles. The van der Waals surface area contributed by atoms with E-state index in [2.05, 4.69) is 54.5 Å². The van der Waals surface area contributed by atoms with Crippen molar-refractivity contribution in [2.24, 2.45) is 25.8 Å². The van der Waals surface area contributed by atoms with Crippen molar-refractivity contribution in [3.63, 3.8) is 0 Å². The van der Waals surface area contributed by atoms with Gasteiger partial charge in [0.05, 0.1) is 29.0 Å². The van der Waals surface area contributed by atoms with Crippen LogP contribution in [0.2, 0.25) is 0 Å². The predicted molar refractivity (Wildman–Crippen MR) is 386 cm³/mol. The number of carbonyl (C=O) groups is 8. The van der Waals surface area contributed by atoms with Gasteiger partial charge < -0.3 is 24.2 Å². The van der Waals surface area contributed by atoms with Crippen LogP contribution < -0.4 is 0 Å². The van der Waals surface area contributed by atoms with Crippen LogP contribution in [0.1, 0.15) is 119 Å². The molecule has 19 nitrogen and oxygen atoms in total. The molecule has 101 heavy (non-hydrogen) atoms. The molecule has 0 aliphatic carbocycles. The summed E-state index contributed by atoms with van der Waals surface area (Å²) in [5.74, 6) is -4.38. The quantitative estimate of drug-likeness (QED) is 0.0239. The van der Waals surface area contributed by atoms with Crippen molar-refractivity contribution in [3.05, 3.63) is 357 Å². The Balaban J connectivity index is 0.000000199. The first-order valence-corrected chi connectivity index (χ1v) is 31.2. The molecular weight excluding hydrogens is 1280 g/mol. The second kappa shape index (κ2) is 41.4. The molecule has 0 amide bonds. The first-order chi connectivity index (χ1) is 48.8. The molecule has 0 aliphatic rings. The molecule has 0 fully saturated rings. The molecule has 0 N–H and O–H groups in total. The molecule has 0 bridgehead atoms. The van der Waals surface area contributed by atoms with E-state index in [0.29, 0.717) is 44.8 Å². The van der Waals surface area contributed by atoms with E-state index in [-0.39, 0.29) is 40.7 Å². The zero-order valence-corrected chi connectivity index (χ0v) is 56.3. The van der Waals surface area contributed by atoms with Crippen molar-refractivity contribution in [1.29, 1.82) is 5.26 Å². The molecule has 0 heterocycles. The van der Waals surface area contributed by atoms with Crippen LogP contribution in [0.3, 0.4) is 0 Å². The van der Waals surface area contributed by atoms with Gasteiger partial charge in [0.25, 0.3) is 5.78 Å². The van der Waals surface area contributed by atoms with Crippen LogP contribution in [0.25, 0.3) is 0 Å². The maximum Gasteiger partial charge on any atom is 0.405 e. The third-order valence-corrected chi connectivity index (χ3v) is 13.7. The number of oxime groups is 5. The highest BCUT2D eigenvalue weighted by Gasteiger charge is 2.20. The summed E-state index contributed by atoms with van der Waals surface area (Å²) in [7, 11) is 0. The zero-order valence-electron chi connectivity index (χ0n) is 56.3. The van der Waals surface area contributed by atoms with Crippen LogP contribution in [-0.4, -0.2) is 75.8 Å². The fourth-order valence-electron chi connectivity index (χ4n) is 9.04. The lowest BCUT2D eigenvalue weighted by molar-refractivity contribution is -0.143. The van der Waals surface area contributed by atoms with Gasteiger partial charge in [0.2, 0.25) is 5.78 Å². The molecule has 0 aromatic heterocycles. The minimum atomic E-state index is -0.994. The standard InChI is InChI=1S/C18H19NO2.C16H12N2O2.3C16H13NO3/c1-12-10-13(2)17(14(3)11-12)15(4)19-21-18(20)16-8-6-5-7-9-16;17-12-15(14-9-5-2-6-10-14)18-20-16(19)11-13-7-3-1-4-8-13;1-12(18)20-17-15(13-8-4-2-5-9-13)16(19)14-10-6-3-7-11-14;1-12(18)15(13-8-4-2-5-9-13)17-20-16(19)14-10-6-3-7-11-14;1-12(13-8-4-2-5-9-13)17-20-16(19)15(18)14-10-6-3-7-11-14/h5-11H,1-4H3;1-10H,11H2;3*2-11H,1H3/b19-15+;18-15+;17-15-;17-15+;17-12+. The fraction of sp³-hybridized carbons (Fsp3) is 0.0976. The van der Waals surface area contributed by atoms with Crippen LogP contribution in [0.4, 0.5) is 0 Å². The van der Waals surface area contributed by atoms with E-state index in [4.69, 9.17) is 19.8 Å². The van der Waals surface area contributed by atoms with Crippen molar-refractivity contribution in [3.8, 4) is 6.07 Å². The van der Waals surface area contributed by atoms with Gasteiger partial charge in [-0.3, -0.25) is 14.4 Å². The second-order valence-electron chi connectivity index (χ2n) is 21.5. The van der Waals surface area contributed by atoms with Gasteiger partial charge in [0, 0.05) is 47.2 Å². The van der Waals surface area contributed by atoms with Crippen LogP contribution in [0.5, 0.6) is 0 Å². The Labute approximate surface area is 584 Å². The molecule has 0 saturated heterocycles. The maximum atomic E-state index is 12.4. The first-order valence-electron chi connectivity index (χ1n) is 31.2. The van der Waals surface area contributed by atoms with Gasteiger partial charge >= 0.3 is 29.8 Å². The summed E-state index contributed by atoms with van der Waals surface area (Å²) in [4.78, 5) is 117. The van der Waals surface area contributed by atoms with Crippen LogP contribution >= 0.6 is 0 Å². The number of hydrogen-bond acceptors (Lipinski definition) is 19. The Kier molecular flexibility index (Phi) is 31.3. The third-order valence-electron chi connectivity index (χ3n) is 13.7. The van der Waals surface area contributed by atoms with Gasteiger partial charge in [-0.05, 0) is 81.1 Å². The van der Waals surface area contributed by atoms with Gasteiger partial charge in [-0.25, -0.2) is 24.0 Å². The molecule has 10 aromatic rings. The smallest absolute Gasteiger partial charge is 0.318 e. The molecule has 0 aliphatic heterocycles. The monoisotopic (exact) mass is 1350 g/mol. The molecule has 0 saturated carbocycles. The van der Waals surface area contributed by atoms with E-state index in [1.54, 1.807) is 189 Å². The molecule has 0 spiro atoms. The van der Waals surface area contributed by atoms with Crippen LogP contribution in [0, 0.1) is 32.1 Å². The highest BCUT2D eigenvalue weighted by Crippen LogP contribution is 2.19. The topological polar surface area (TPSA) is 268 Å². The maximum absolute atomic E-state index is 12.4. The molecule has 0 radical (unpaired) electrons. The number of carbonyl (C=O) groups excluding carboxylic acids is 8.